The number of halogens is 6. The molecule has 3 atom stereocenters. The van der Waals surface area contributed by atoms with Crippen molar-refractivity contribution in [3.63, 3.8) is 0 Å². The summed E-state index contributed by atoms with van der Waals surface area (Å²) in [6, 6.07) is 0. The van der Waals surface area contributed by atoms with Crippen LogP contribution in [0.1, 0.15) is 13.3 Å². The first-order valence-corrected chi connectivity index (χ1v) is 7.31. The van der Waals surface area contributed by atoms with Gasteiger partial charge in [0, 0.05) is 12.8 Å². The fourth-order valence-corrected chi connectivity index (χ4v) is 5.25. The highest BCUT2D eigenvalue weighted by atomic mass is 35.5. The Balaban J connectivity index is 2.40. The van der Waals surface area contributed by atoms with Crippen molar-refractivity contribution in [3.8, 4) is 0 Å². The molecule has 0 saturated heterocycles. The molecule has 0 aromatic heterocycles. The summed E-state index contributed by atoms with van der Waals surface area (Å²) in [5.74, 6) is -0.826. The highest BCUT2D eigenvalue weighted by Gasteiger charge is 2.78. The van der Waals surface area contributed by atoms with Crippen LogP contribution in [-0.2, 0) is 9.53 Å². The number of hydrogen-bond acceptors (Lipinski definition) is 2. The van der Waals surface area contributed by atoms with Crippen molar-refractivity contribution in [2.45, 2.75) is 27.4 Å². The van der Waals surface area contributed by atoms with Gasteiger partial charge in [0.1, 0.15) is 9.75 Å². The van der Waals surface area contributed by atoms with Crippen LogP contribution in [0.25, 0.3) is 0 Å². The molecule has 2 rings (SSSR count). The first-order valence-electron chi connectivity index (χ1n) is 5.04. The van der Waals surface area contributed by atoms with Crippen LogP contribution in [-0.4, -0.2) is 26.7 Å². The van der Waals surface area contributed by atoms with Crippen molar-refractivity contribution in [1.82, 2.24) is 0 Å². The van der Waals surface area contributed by atoms with Gasteiger partial charge in [-0.3, -0.25) is 4.79 Å². The monoisotopic (exact) mass is 370 g/mol. The Morgan fingerprint density at radius 3 is 2.22 bits per heavy atom. The number of rotatable bonds is 2. The summed E-state index contributed by atoms with van der Waals surface area (Å²) in [4.78, 5) is 8.27. The normalized spacial score (nSPS) is 41.4. The minimum absolute atomic E-state index is 0.0366. The van der Waals surface area contributed by atoms with Crippen molar-refractivity contribution < 1.29 is 9.53 Å². The molecule has 0 aliphatic heterocycles. The van der Waals surface area contributed by atoms with E-state index >= 15 is 0 Å². The summed E-state index contributed by atoms with van der Waals surface area (Å²) in [6.45, 7) is 1.33. The molecule has 0 spiro atoms. The Kier molecular flexibility index (Phi) is 3.81. The molecule has 102 valence electrons. The van der Waals surface area contributed by atoms with Crippen molar-refractivity contribution in [1.29, 1.82) is 0 Å². The van der Waals surface area contributed by atoms with Gasteiger partial charge in [-0.2, -0.15) is 0 Å². The summed E-state index contributed by atoms with van der Waals surface area (Å²) >= 11 is 37.5. The number of alkyl halides is 4. The average Bonchev–Trinajstić information content (AvgIpc) is 2.48. The molecule has 0 aromatic rings. The number of esters is 1. The Morgan fingerprint density at radius 2 is 1.83 bits per heavy atom. The zero-order valence-electron chi connectivity index (χ0n) is 9.08. The van der Waals surface area contributed by atoms with Crippen molar-refractivity contribution in [2.24, 2.45) is 5.92 Å². The van der Waals surface area contributed by atoms with E-state index in [4.69, 9.17) is 74.3 Å². The topological polar surface area (TPSA) is 26.3 Å². The minimum Gasteiger partial charge on any atom is -0.465 e. The van der Waals surface area contributed by atoms with Gasteiger partial charge >= 0.3 is 5.97 Å². The van der Waals surface area contributed by atoms with Gasteiger partial charge in [0.15, 0.2) is 4.33 Å². The van der Waals surface area contributed by atoms with E-state index in [-0.39, 0.29) is 23.1 Å². The second kappa shape index (κ2) is 4.47. The smallest absolute Gasteiger partial charge is 0.302 e. The molecule has 18 heavy (non-hydrogen) atoms. The number of allylic oxidation sites excluding steroid dienone is 2. The maximum absolute atomic E-state index is 10.9. The lowest BCUT2D eigenvalue weighted by Gasteiger charge is -2.33. The van der Waals surface area contributed by atoms with Crippen molar-refractivity contribution >= 4 is 75.6 Å². The third-order valence-corrected chi connectivity index (χ3v) is 7.72. The van der Waals surface area contributed by atoms with Crippen molar-refractivity contribution in [3.05, 3.63) is 10.1 Å². The molecular formula is C10H8Cl6O2. The van der Waals surface area contributed by atoms with Gasteiger partial charge < -0.3 is 4.74 Å². The first-order chi connectivity index (χ1) is 8.09. The van der Waals surface area contributed by atoms with Gasteiger partial charge in [-0.1, -0.05) is 46.4 Å². The number of fused-ring (bicyclic) bond motifs is 2. The Bertz CT molecular complexity index is 448. The molecule has 1 saturated carbocycles. The van der Waals surface area contributed by atoms with Crippen LogP contribution in [0.4, 0.5) is 0 Å². The van der Waals surface area contributed by atoms with E-state index in [1.807, 2.05) is 0 Å². The molecule has 0 N–H and O–H groups in total. The third-order valence-electron chi connectivity index (χ3n) is 3.39. The van der Waals surface area contributed by atoms with Gasteiger partial charge in [-0.05, 0) is 6.42 Å². The molecule has 2 aliphatic rings. The SMILES string of the molecule is CC(=O)OC[C@H]1C[C@@]2(Cl)C(Cl)=C(Cl)[C@]1(Cl)C2(Cl)Cl. The van der Waals surface area contributed by atoms with E-state index in [0.29, 0.717) is 0 Å². The first kappa shape index (κ1) is 15.3. The van der Waals surface area contributed by atoms with E-state index in [1.54, 1.807) is 0 Å². The average molecular weight is 373 g/mol. The summed E-state index contributed by atoms with van der Waals surface area (Å²) < 4.78 is 3.39. The second-order valence-electron chi connectivity index (χ2n) is 4.42. The molecule has 8 heteroatoms. The predicted molar refractivity (Wildman–Crippen MR) is 75.1 cm³/mol. The van der Waals surface area contributed by atoms with E-state index in [0.717, 1.165) is 0 Å². The standard InChI is InChI=1S/C10H8Cl6O2/c1-4(17)18-3-5-2-8(13)6(11)7(12)9(5,14)10(8,15)16/h5H,2-3H2,1H3/t5-,8-,9+/m1/s1. The fraction of sp³-hybridized carbons (Fsp3) is 0.700. The van der Waals surface area contributed by atoms with Crippen LogP contribution < -0.4 is 0 Å². The van der Waals surface area contributed by atoms with Crippen LogP contribution in [0.2, 0.25) is 0 Å². The maximum atomic E-state index is 10.9. The van der Waals surface area contributed by atoms with E-state index in [1.165, 1.54) is 6.92 Å². The Labute approximate surface area is 134 Å². The Morgan fingerprint density at radius 1 is 1.28 bits per heavy atom. The molecule has 2 bridgehead atoms. The summed E-state index contributed by atoms with van der Waals surface area (Å²) in [7, 11) is 0. The molecule has 0 unspecified atom stereocenters. The van der Waals surface area contributed by atoms with Crippen LogP contribution in [0.5, 0.6) is 0 Å². The largest absolute Gasteiger partial charge is 0.465 e. The zero-order chi connectivity index (χ0) is 13.9. The maximum Gasteiger partial charge on any atom is 0.302 e. The van der Waals surface area contributed by atoms with E-state index in [9.17, 15) is 4.79 Å². The lowest BCUT2D eigenvalue weighted by Crippen LogP contribution is -2.45. The molecule has 0 aromatic carbocycles. The van der Waals surface area contributed by atoms with Crippen LogP contribution in [0.15, 0.2) is 10.1 Å². The summed E-state index contributed by atoms with van der Waals surface area (Å²) in [5, 5.41) is 0.277. The van der Waals surface area contributed by atoms with Crippen molar-refractivity contribution in [2.75, 3.05) is 6.61 Å². The second-order valence-corrected chi connectivity index (χ2v) is 7.74. The van der Waals surface area contributed by atoms with Crippen LogP contribution >= 0.6 is 69.6 Å². The zero-order valence-corrected chi connectivity index (χ0v) is 13.6. The Hall–Kier alpha value is 0.950. The van der Waals surface area contributed by atoms with Gasteiger partial charge in [0.05, 0.1) is 16.7 Å². The van der Waals surface area contributed by atoms with Gasteiger partial charge in [0.25, 0.3) is 0 Å². The summed E-state index contributed by atoms with van der Waals surface area (Å²) in [5.41, 5.74) is 0. The molecule has 0 radical (unpaired) electrons. The predicted octanol–water partition coefficient (Wildman–Crippen LogP) is 4.40. The molecule has 0 amide bonds. The summed E-state index contributed by atoms with van der Waals surface area (Å²) in [6.07, 6.45) is 0.285. The molecular weight excluding hydrogens is 365 g/mol. The fourth-order valence-electron chi connectivity index (χ4n) is 2.42. The van der Waals surface area contributed by atoms with Gasteiger partial charge in [0.2, 0.25) is 0 Å². The lowest BCUT2D eigenvalue weighted by atomic mass is 9.93. The lowest BCUT2D eigenvalue weighted by molar-refractivity contribution is -0.142. The molecule has 2 nitrogen and oxygen atoms in total. The van der Waals surface area contributed by atoms with Gasteiger partial charge in [-0.25, -0.2) is 0 Å². The highest BCUT2D eigenvalue weighted by Crippen LogP contribution is 2.74. The van der Waals surface area contributed by atoms with Crippen LogP contribution in [0.3, 0.4) is 0 Å². The highest BCUT2D eigenvalue weighted by molar-refractivity contribution is 6.65. The molecule has 1 fully saturated rings. The van der Waals surface area contributed by atoms with E-state index in [2.05, 4.69) is 0 Å². The number of hydrogen-bond donors (Lipinski definition) is 0. The molecule has 0 heterocycles. The number of ether oxygens (including phenoxy) is 1. The number of carbonyl (C=O) groups is 1. The third kappa shape index (κ3) is 1.66. The van der Waals surface area contributed by atoms with E-state index < -0.39 is 26.0 Å². The minimum atomic E-state index is -1.55. The van der Waals surface area contributed by atoms with Crippen LogP contribution in [0, 0.1) is 5.92 Å². The molecule has 2 aliphatic carbocycles. The number of carbonyl (C=O) groups excluding carboxylic acids is 1. The van der Waals surface area contributed by atoms with Gasteiger partial charge in [-0.15, -0.1) is 23.2 Å². The quantitative estimate of drug-likeness (QED) is 0.530.